The molecule has 1 atom stereocenters. The van der Waals surface area contributed by atoms with Crippen molar-refractivity contribution in [1.82, 2.24) is 19.7 Å². The number of aromatic nitrogens is 4. The Hall–Kier alpha value is -3.42. The first-order chi connectivity index (χ1) is 12.7. The molecule has 26 heavy (non-hydrogen) atoms. The van der Waals surface area contributed by atoms with E-state index in [0.29, 0.717) is 11.6 Å². The number of carbonyl (C=O) groups is 1. The van der Waals surface area contributed by atoms with E-state index in [-0.39, 0.29) is 12.2 Å². The third-order valence-electron chi connectivity index (χ3n) is 4.77. The van der Waals surface area contributed by atoms with Gasteiger partial charge in [0.15, 0.2) is 5.82 Å². The SMILES string of the molecule is Cn1ccc(-c2ccc3c(n2)N(C(=O)Nc2ccccn2)C2CCN32)n1. The molecule has 3 aromatic rings. The van der Waals surface area contributed by atoms with Crippen LogP contribution < -0.4 is 15.1 Å². The summed E-state index contributed by atoms with van der Waals surface area (Å²) < 4.78 is 1.74. The highest BCUT2D eigenvalue weighted by Gasteiger charge is 2.46. The lowest BCUT2D eigenvalue weighted by atomic mass is 10.1. The molecule has 0 aromatic carbocycles. The Morgan fingerprint density at radius 1 is 1.19 bits per heavy atom. The molecule has 0 bridgehead atoms. The minimum Gasteiger partial charge on any atom is -0.347 e. The van der Waals surface area contributed by atoms with E-state index in [0.717, 1.165) is 30.0 Å². The predicted octanol–water partition coefficient (Wildman–Crippen LogP) is 2.47. The number of aryl methyl sites for hydroxylation is 1. The Kier molecular flexibility index (Phi) is 3.18. The molecule has 1 N–H and O–H groups in total. The van der Waals surface area contributed by atoms with Gasteiger partial charge in [0, 0.05) is 32.4 Å². The van der Waals surface area contributed by atoms with Gasteiger partial charge in [0.2, 0.25) is 0 Å². The maximum Gasteiger partial charge on any atom is 0.330 e. The van der Waals surface area contributed by atoms with Crippen LogP contribution in [0.1, 0.15) is 6.42 Å². The quantitative estimate of drug-likeness (QED) is 0.770. The van der Waals surface area contributed by atoms with Gasteiger partial charge in [0.05, 0.1) is 11.4 Å². The average Bonchev–Trinajstić information content (AvgIpc) is 3.14. The van der Waals surface area contributed by atoms with E-state index in [1.165, 1.54) is 0 Å². The minimum atomic E-state index is -0.220. The molecule has 8 heteroatoms. The Labute approximate surface area is 150 Å². The second-order valence-corrected chi connectivity index (χ2v) is 6.39. The van der Waals surface area contributed by atoms with E-state index in [2.05, 4.69) is 20.3 Å². The number of anilines is 3. The van der Waals surface area contributed by atoms with Gasteiger partial charge in [-0.05, 0) is 30.3 Å². The van der Waals surface area contributed by atoms with E-state index in [9.17, 15) is 4.79 Å². The van der Waals surface area contributed by atoms with Crippen molar-refractivity contribution in [1.29, 1.82) is 0 Å². The van der Waals surface area contributed by atoms with Crippen LogP contribution in [0.15, 0.2) is 48.8 Å². The number of fused-ring (bicyclic) bond motifs is 3. The fraction of sp³-hybridized carbons (Fsp3) is 0.222. The van der Waals surface area contributed by atoms with Crippen molar-refractivity contribution in [3.8, 4) is 11.4 Å². The summed E-state index contributed by atoms with van der Waals surface area (Å²) >= 11 is 0. The molecular formula is C18H17N7O. The van der Waals surface area contributed by atoms with Crippen LogP contribution in [0.2, 0.25) is 0 Å². The summed E-state index contributed by atoms with van der Waals surface area (Å²) in [6.07, 6.45) is 4.47. The molecule has 1 fully saturated rings. The van der Waals surface area contributed by atoms with Crippen molar-refractivity contribution >= 4 is 23.4 Å². The first-order valence-electron chi connectivity index (χ1n) is 8.50. The smallest absolute Gasteiger partial charge is 0.330 e. The Morgan fingerprint density at radius 3 is 2.81 bits per heavy atom. The first-order valence-corrected chi connectivity index (χ1v) is 8.50. The van der Waals surface area contributed by atoms with Crippen LogP contribution in [-0.4, -0.2) is 38.5 Å². The second kappa shape index (κ2) is 5.55. The van der Waals surface area contributed by atoms with Gasteiger partial charge in [-0.25, -0.2) is 14.8 Å². The molecule has 2 amide bonds. The summed E-state index contributed by atoms with van der Waals surface area (Å²) in [5, 5.41) is 7.27. The molecule has 0 radical (unpaired) electrons. The number of hydrogen-bond donors (Lipinski definition) is 1. The normalized spacial score (nSPS) is 17.5. The van der Waals surface area contributed by atoms with Crippen LogP contribution in [-0.2, 0) is 7.05 Å². The summed E-state index contributed by atoms with van der Waals surface area (Å²) in [7, 11) is 1.87. The Bertz CT molecular complexity index is 984. The zero-order valence-corrected chi connectivity index (χ0v) is 14.2. The summed E-state index contributed by atoms with van der Waals surface area (Å²) in [4.78, 5) is 25.7. The zero-order valence-electron chi connectivity index (χ0n) is 14.2. The van der Waals surface area contributed by atoms with E-state index < -0.39 is 0 Å². The molecule has 2 aliphatic rings. The summed E-state index contributed by atoms with van der Waals surface area (Å²) in [5.41, 5.74) is 2.52. The van der Waals surface area contributed by atoms with Crippen molar-refractivity contribution in [2.75, 3.05) is 21.7 Å². The summed E-state index contributed by atoms with van der Waals surface area (Å²) in [6.45, 7) is 0.926. The van der Waals surface area contributed by atoms with Crippen LogP contribution in [0.4, 0.5) is 22.1 Å². The molecule has 0 saturated carbocycles. The van der Waals surface area contributed by atoms with E-state index >= 15 is 0 Å². The van der Waals surface area contributed by atoms with Gasteiger partial charge in [0.1, 0.15) is 17.7 Å². The van der Waals surface area contributed by atoms with Crippen LogP contribution in [0.3, 0.4) is 0 Å². The fourth-order valence-electron chi connectivity index (χ4n) is 3.44. The number of nitrogens with zero attached hydrogens (tertiary/aromatic N) is 6. The first kappa shape index (κ1) is 14.9. The van der Waals surface area contributed by atoms with Crippen LogP contribution in [0, 0.1) is 0 Å². The number of urea groups is 1. The summed E-state index contributed by atoms with van der Waals surface area (Å²) in [5.74, 6) is 1.20. The van der Waals surface area contributed by atoms with Crippen LogP contribution >= 0.6 is 0 Å². The van der Waals surface area contributed by atoms with Gasteiger partial charge in [-0.2, -0.15) is 5.10 Å². The van der Waals surface area contributed by atoms with E-state index in [1.807, 2.05) is 43.6 Å². The number of pyridine rings is 2. The topological polar surface area (TPSA) is 79.2 Å². The number of carbonyl (C=O) groups excluding carboxylic acids is 1. The predicted molar refractivity (Wildman–Crippen MR) is 97.9 cm³/mol. The van der Waals surface area contributed by atoms with Crippen molar-refractivity contribution < 1.29 is 4.79 Å². The maximum atomic E-state index is 12.9. The monoisotopic (exact) mass is 347 g/mol. The molecule has 130 valence electrons. The van der Waals surface area contributed by atoms with Gasteiger partial charge in [0.25, 0.3) is 0 Å². The number of hydrogen-bond acceptors (Lipinski definition) is 5. The minimum absolute atomic E-state index is 0.0141. The maximum absolute atomic E-state index is 12.9. The van der Waals surface area contributed by atoms with E-state index in [1.54, 1.807) is 21.8 Å². The molecule has 1 unspecified atom stereocenters. The third-order valence-corrected chi connectivity index (χ3v) is 4.77. The third kappa shape index (κ3) is 2.22. The molecule has 2 aliphatic heterocycles. The number of rotatable bonds is 2. The summed E-state index contributed by atoms with van der Waals surface area (Å²) in [6, 6.07) is 11.1. The lowest BCUT2D eigenvalue weighted by molar-refractivity contribution is 0.252. The second-order valence-electron chi connectivity index (χ2n) is 6.39. The van der Waals surface area contributed by atoms with Crippen molar-refractivity contribution in [2.45, 2.75) is 12.6 Å². The van der Waals surface area contributed by atoms with Crippen molar-refractivity contribution in [3.63, 3.8) is 0 Å². The van der Waals surface area contributed by atoms with Gasteiger partial charge >= 0.3 is 6.03 Å². The van der Waals surface area contributed by atoms with Crippen molar-refractivity contribution in [2.24, 2.45) is 7.05 Å². The molecule has 0 aliphatic carbocycles. The standard InChI is InChI=1S/C18H17N7O/c1-23-10-7-13(22-23)12-5-6-14-17(20-12)25(16-8-11-24(14)16)18(26)21-15-4-2-3-9-19-15/h2-7,9-10,16H,8,11H2,1H3,(H,19,21,26). The lowest BCUT2D eigenvalue weighted by Gasteiger charge is -2.39. The fourth-order valence-corrected chi connectivity index (χ4v) is 3.44. The molecule has 3 aromatic heterocycles. The van der Waals surface area contributed by atoms with Gasteiger partial charge in [-0.1, -0.05) is 6.07 Å². The van der Waals surface area contributed by atoms with Gasteiger partial charge in [-0.3, -0.25) is 14.9 Å². The number of nitrogens with one attached hydrogen (secondary N) is 1. The van der Waals surface area contributed by atoms with Crippen molar-refractivity contribution in [3.05, 3.63) is 48.8 Å². The lowest BCUT2D eigenvalue weighted by Crippen LogP contribution is -2.56. The number of amides is 2. The highest BCUT2D eigenvalue weighted by molar-refractivity contribution is 6.06. The van der Waals surface area contributed by atoms with Gasteiger partial charge < -0.3 is 4.90 Å². The molecule has 5 heterocycles. The Balaban J connectivity index is 1.51. The average molecular weight is 347 g/mol. The largest absolute Gasteiger partial charge is 0.347 e. The molecule has 0 spiro atoms. The molecule has 5 rings (SSSR count). The highest BCUT2D eigenvalue weighted by Crippen LogP contribution is 2.44. The Morgan fingerprint density at radius 2 is 2.12 bits per heavy atom. The van der Waals surface area contributed by atoms with Crippen LogP contribution in [0.5, 0.6) is 0 Å². The molecule has 1 saturated heterocycles. The zero-order chi connectivity index (χ0) is 17.7. The van der Waals surface area contributed by atoms with E-state index in [4.69, 9.17) is 4.98 Å². The molecular weight excluding hydrogens is 330 g/mol. The van der Waals surface area contributed by atoms with Crippen LogP contribution in [0.25, 0.3) is 11.4 Å². The van der Waals surface area contributed by atoms with Gasteiger partial charge in [-0.15, -0.1) is 0 Å². The highest BCUT2D eigenvalue weighted by atomic mass is 16.2. The molecule has 8 nitrogen and oxygen atoms in total.